The van der Waals surface area contributed by atoms with Gasteiger partial charge in [0.1, 0.15) is 11.6 Å². The minimum absolute atomic E-state index is 0.0303. The number of ketones is 1. The lowest BCUT2D eigenvalue weighted by atomic mass is 10.1. The standard InChI is InChI=1S/C17H18N4O/c1-11-8-13(12(2)22)16-14(9-11)19-15(10-18)17(20-16)21-6-4-3-5-7-21/h8-9H,3-7H2,1-2H3. The highest BCUT2D eigenvalue weighted by Gasteiger charge is 2.20. The first-order chi connectivity index (χ1) is 10.6. The molecule has 1 aliphatic heterocycles. The van der Waals surface area contributed by atoms with Crippen LogP contribution in [0.3, 0.4) is 0 Å². The minimum Gasteiger partial charge on any atom is -0.354 e. The lowest BCUT2D eigenvalue weighted by Crippen LogP contribution is -2.31. The van der Waals surface area contributed by atoms with Crippen molar-refractivity contribution in [3.8, 4) is 6.07 Å². The third kappa shape index (κ3) is 2.52. The number of carbonyl (C=O) groups excluding carboxylic acids is 1. The largest absolute Gasteiger partial charge is 0.354 e. The van der Waals surface area contributed by atoms with Crippen molar-refractivity contribution in [3.05, 3.63) is 29.0 Å². The summed E-state index contributed by atoms with van der Waals surface area (Å²) in [6, 6.07) is 5.86. The Morgan fingerprint density at radius 2 is 1.95 bits per heavy atom. The van der Waals surface area contributed by atoms with Crippen molar-refractivity contribution in [2.45, 2.75) is 33.1 Å². The number of piperidine rings is 1. The second kappa shape index (κ2) is 5.72. The van der Waals surface area contributed by atoms with Crippen molar-refractivity contribution in [2.24, 2.45) is 0 Å². The Kier molecular flexibility index (Phi) is 3.76. The summed E-state index contributed by atoms with van der Waals surface area (Å²) in [6.07, 6.45) is 3.40. The van der Waals surface area contributed by atoms with Crippen LogP contribution in [0.25, 0.3) is 11.0 Å². The van der Waals surface area contributed by atoms with Crippen LogP contribution in [0.15, 0.2) is 12.1 Å². The topological polar surface area (TPSA) is 69.9 Å². The fourth-order valence-corrected chi connectivity index (χ4v) is 2.96. The monoisotopic (exact) mass is 294 g/mol. The highest BCUT2D eigenvalue weighted by atomic mass is 16.1. The van der Waals surface area contributed by atoms with Crippen LogP contribution >= 0.6 is 0 Å². The summed E-state index contributed by atoms with van der Waals surface area (Å²) in [4.78, 5) is 23.1. The molecule has 3 rings (SSSR count). The van der Waals surface area contributed by atoms with Crippen LogP contribution in [0, 0.1) is 18.3 Å². The highest BCUT2D eigenvalue weighted by molar-refractivity contribution is 6.05. The number of nitriles is 1. The molecular formula is C17H18N4O. The first-order valence-electron chi connectivity index (χ1n) is 7.58. The molecule has 0 radical (unpaired) electrons. The van der Waals surface area contributed by atoms with Gasteiger partial charge in [0.05, 0.1) is 5.52 Å². The average molecular weight is 294 g/mol. The summed E-state index contributed by atoms with van der Waals surface area (Å²) in [5.41, 5.74) is 3.07. The molecule has 1 aliphatic rings. The van der Waals surface area contributed by atoms with Gasteiger partial charge < -0.3 is 4.90 Å². The first-order valence-corrected chi connectivity index (χ1v) is 7.58. The van der Waals surface area contributed by atoms with Gasteiger partial charge in [-0.15, -0.1) is 0 Å². The quantitative estimate of drug-likeness (QED) is 0.796. The lowest BCUT2D eigenvalue weighted by Gasteiger charge is -2.28. The smallest absolute Gasteiger partial charge is 0.183 e. The molecule has 0 N–H and O–H groups in total. The van der Waals surface area contributed by atoms with Gasteiger partial charge in [0.15, 0.2) is 17.3 Å². The van der Waals surface area contributed by atoms with E-state index in [0.717, 1.165) is 31.5 Å². The lowest BCUT2D eigenvalue weighted by molar-refractivity contribution is 0.101. The Balaban J connectivity index is 2.24. The van der Waals surface area contributed by atoms with Crippen molar-refractivity contribution in [1.29, 1.82) is 5.26 Å². The SMILES string of the molecule is CC(=O)c1cc(C)cc2nc(C#N)c(N3CCCCC3)nc12. The average Bonchev–Trinajstić information content (AvgIpc) is 2.53. The van der Waals surface area contributed by atoms with E-state index in [1.807, 2.05) is 19.1 Å². The van der Waals surface area contributed by atoms with E-state index < -0.39 is 0 Å². The number of aryl methyl sites for hydroxylation is 1. The molecule has 0 unspecified atom stereocenters. The maximum absolute atomic E-state index is 11.9. The highest BCUT2D eigenvalue weighted by Crippen LogP contribution is 2.26. The zero-order valence-corrected chi connectivity index (χ0v) is 12.9. The molecule has 0 amide bonds. The number of Topliss-reactive ketones (excluding diaryl/α,β-unsaturated/α-hetero) is 1. The van der Waals surface area contributed by atoms with Gasteiger partial charge >= 0.3 is 0 Å². The molecule has 0 bridgehead atoms. The summed E-state index contributed by atoms with van der Waals surface area (Å²) in [7, 11) is 0. The summed E-state index contributed by atoms with van der Waals surface area (Å²) in [5.74, 6) is 0.582. The molecule has 2 heterocycles. The van der Waals surface area contributed by atoms with Crippen LogP contribution in [-0.4, -0.2) is 28.8 Å². The van der Waals surface area contributed by atoms with Crippen LogP contribution in [0.2, 0.25) is 0 Å². The minimum atomic E-state index is -0.0303. The van der Waals surface area contributed by atoms with E-state index >= 15 is 0 Å². The van der Waals surface area contributed by atoms with E-state index in [1.165, 1.54) is 13.3 Å². The van der Waals surface area contributed by atoms with Crippen molar-refractivity contribution in [2.75, 3.05) is 18.0 Å². The molecule has 0 atom stereocenters. The van der Waals surface area contributed by atoms with Crippen LogP contribution in [0.5, 0.6) is 0 Å². The summed E-state index contributed by atoms with van der Waals surface area (Å²) in [5, 5.41) is 9.41. The Bertz CT molecular complexity index is 785. The fourth-order valence-electron chi connectivity index (χ4n) is 2.96. The van der Waals surface area contributed by atoms with Crippen molar-refractivity contribution >= 4 is 22.6 Å². The van der Waals surface area contributed by atoms with E-state index in [-0.39, 0.29) is 5.78 Å². The Labute approximate surface area is 129 Å². The molecule has 0 spiro atoms. The number of carbonyl (C=O) groups is 1. The molecule has 5 nitrogen and oxygen atoms in total. The Morgan fingerprint density at radius 1 is 1.23 bits per heavy atom. The van der Waals surface area contributed by atoms with Crippen molar-refractivity contribution < 1.29 is 4.79 Å². The van der Waals surface area contributed by atoms with Gasteiger partial charge in [-0.3, -0.25) is 4.79 Å². The number of hydrogen-bond donors (Lipinski definition) is 0. The van der Waals surface area contributed by atoms with Gasteiger partial charge in [-0.25, -0.2) is 9.97 Å². The molecule has 1 fully saturated rings. The second-order valence-corrected chi connectivity index (χ2v) is 5.79. The van der Waals surface area contributed by atoms with Crippen molar-refractivity contribution in [3.63, 3.8) is 0 Å². The van der Waals surface area contributed by atoms with Crippen LogP contribution < -0.4 is 4.90 Å². The Morgan fingerprint density at radius 3 is 2.59 bits per heavy atom. The molecule has 1 aromatic heterocycles. The number of nitrogens with zero attached hydrogens (tertiary/aromatic N) is 4. The zero-order valence-electron chi connectivity index (χ0n) is 12.9. The number of hydrogen-bond acceptors (Lipinski definition) is 5. The molecule has 112 valence electrons. The molecule has 0 saturated carbocycles. The molecule has 0 aliphatic carbocycles. The number of rotatable bonds is 2. The van der Waals surface area contributed by atoms with Crippen LogP contribution in [0.4, 0.5) is 5.82 Å². The third-order valence-electron chi connectivity index (χ3n) is 4.04. The predicted octanol–water partition coefficient (Wildman–Crippen LogP) is 3.00. The van der Waals surface area contributed by atoms with Gasteiger partial charge in [0.2, 0.25) is 0 Å². The summed E-state index contributed by atoms with van der Waals surface area (Å²) < 4.78 is 0. The maximum Gasteiger partial charge on any atom is 0.183 e. The molecule has 2 aromatic rings. The van der Waals surface area contributed by atoms with Gasteiger partial charge in [-0.1, -0.05) is 0 Å². The number of fused-ring (bicyclic) bond motifs is 1. The van der Waals surface area contributed by atoms with E-state index in [4.69, 9.17) is 0 Å². The molecule has 1 aromatic carbocycles. The second-order valence-electron chi connectivity index (χ2n) is 5.79. The number of aromatic nitrogens is 2. The summed E-state index contributed by atoms with van der Waals surface area (Å²) in [6.45, 7) is 5.22. The zero-order chi connectivity index (χ0) is 15.7. The van der Waals surface area contributed by atoms with Gasteiger partial charge in [-0.05, 0) is 50.8 Å². The predicted molar refractivity (Wildman–Crippen MR) is 85.1 cm³/mol. The van der Waals surface area contributed by atoms with Gasteiger partial charge in [0, 0.05) is 18.7 Å². The van der Waals surface area contributed by atoms with Crippen LogP contribution in [0.1, 0.15) is 47.8 Å². The van der Waals surface area contributed by atoms with E-state index in [0.29, 0.717) is 28.1 Å². The third-order valence-corrected chi connectivity index (χ3v) is 4.04. The molecular weight excluding hydrogens is 276 g/mol. The van der Waals surface area contributed by atoms with Gasteiger partial charge in [-0.2, -0.15) is 5.26 Å². The van der Waals surface area contributed by atoms with E-state index in [2.05, 4.69) is 20.9 Å². The molecule has 5 heteroatoms. The van der Waals surface area contributed by atoms with Gasteiger partial charge in [0.25, 0.3) is 0 Å². The Hall–Kier alpha value is -2.48. The van der Waals surface area contributed by atoms with E-state index in [1.54, 1.807) is 0 Å². The maximum atomic E-state index is 11.9. The number of benzene rings is 1. The summed E-state index contributed by atoms with van der Waals surface area (Å²) >= 11 is 0. The molecule has 1 saturated heterocycles. The van der Waals surface area contributed by atoms with Crippen LogP contribution in [-0.2, 0) is 0 Å². The first kappa shape index (κ1) is 14.5. The fraction of sp³-hybridized carbons (Fsp3) is 0.412. The number of anilines is 1. The normalized spacial score (nSPS) is 14.9. The van der Waals surface area contributed by atoms with E-state index in [9.17, 15) is 10.1 Å². The van der Waals surface area contributed by atoms with Crippen molar-refractivity contribution in [1.82, 2.24) is 9.97 Å². The molecule has 22 heavy (non-hydrogen) atoms.